The molecule has 0 aliphatic rings. The van der Waals surface area contributed by atoms with Gasteiger partial charge in [0, 0.05) is 13.1 Å². The third-order valence-corrected chi connectivity index (χ3v) is 2.55. The second kappa shape index (κ2) is 7.32. The monoisotopic (exact) mass is 331 g/mol. The highest BCUT2D eigenvalue weighted by atomic mass is 35.5. The van der Waals surface area contributed by atoms with E-state index in [1.54, 1.807) is 0 Å². The number of ether oxygens (including phenoxy) is 2. The maximum atomic E-state index is 12.3. The number of hydrogen-bond acceptors (Lipinski definition) is 4. The predicted octanol–water partition coefficient (Wildman–Crippen LogP) is 3.18. The first kappa shape index (κ1) is 17.3. The largest absolute Gasteiger partial charge is 0.434 e. The van der Waals surface area contributed by atoms with Gasteiger partial charge in [0.05, 0.1) is 17.7 Å². The number of rotatable bonds is 6. The molecule has 0 saturated heterocycles. The number of benzene rings is 1. The highest BCUT2D eigenvalue weighted by Crippen LogP contribution is 2.35. The summed E-state index contributed by atoms with van der Waals surface area (Å²) in [4.78, 5) is 16.5. The Morgan fingerprint density at radius 3 is 2.14 bits per heavy atom. The molecule has 0 unspecified atom stereocenters. The van der Waals surface area contributed by atoms with E-state index in [1.807, 2.05) is 0 Å². The van der Waals surface area contributed by atoms with Gasteiger partial charge in [0.1, 0.15) is 11.5 Å². The van der Waals surface area contributed by atoms with Crippen LogP contribution in [0.4, 0.5) is 17.6 Å². The summed E-state index contributed by atoms with van der Waals surface area (Å²) in [5.74, 6) is -2.13. The van der Waals surface area contributed by atoms with E-state index < -0.39 is 36.2 Å². The van der Waals surface area contributed by atoms with Gasteiger partial charge in [0.2, 0.25) is 0 Å². The van der Waals surface area contributed by atoms with Crippen LogP contribution in [0.2, 0.25) is 5.02 Å². The first-order valence-corrected chi connectivity index (χ1v) is 5.69. The molecule has 5 nitrogen and oxygen atoms in total. The zero-order valence-corrected chi connectivity index (χ0v) is 11.5. The second-order valence-corrected chi connectivity index (χ2v) is 3.93. The standard InChI is InChI=1S/C11H10ClF4NO4/c1-17(19-2)9(18)5-3-6(12)8(21-11(15)16)4-7(5)20-10(13)14/h3-4,10-11H,1-2H3. The van der Waals surface area contributed by atoms with Crippen LogP contribution >= 0.6 is 11.6 Å². The lowest BCUT2D eigenvalue weighted by Gasteiger charge is -2.18. The molecule has 0 aliphatic carbocycles. The lowest BCUT2D eigenvalue weighted by molar-refractivity contribution is -0.0772. The minimum atomic E-state index is -3.27. The summed E-state index contributed by atoms with van der Waals surface area (Å²) in [5.41, 5.74) is -0.397. The second-order valence-electron chi connectivity index (χ2n) is 3.52. The number of carbonyl (C=O) groups is 1. The summed E-state index contributed by atoms with van der Waals surface area (Å²) in [5, 5.41) is 0.349. The molecular weight excluding hydrogens is 322 g/mol. The Hall–Kier alpha value is -1.74. The van der Waals surface area contributed by atoms with Gasteiger partial charge < -0.3 is 9.47 Å². The van der Waals surface area contributed by atoms with E-state index in [9.17, 15) is 22.4 Å². The third kappa shape index (κ3) is 4.64. The van der Waals surface area contributed by atoms with E-state index in [-0.39, 0.29) is 5.02 Å². The van der Waals surface area contributed by atoms with Crippen LogP contribution in [0.15, 0.2) is 12.1 Å². The van der Waals surface area contributed by atoms with Gasteiger partial charge in [-0.3, -0.25) is 9.63 Å². The molecule has 0 atom stereocenters. The lowest BCUT2D eigenvalue weighted by Crippen LogP contribution is -2.26. The summed E-state index contributed by atoms with van der Waals surface area (Å²) < 4.78 is 57.2. The van der Waals surface area contributed by atoms with Gasteiger partial charge in [-0.15, -0.1) is 0 Å². The molecule has 0 saturated carbocycles. The molecule has 1 aromatic carbocycles. The molecule has 21 heavy (non-hydrogen) atoms. The molecule has 0 N–H and O–H groups in total. The van der Waals surface area contributed by atoms with Gasteiger partial charge in [-0.05, 0) is 6.07 Å². The zero-order chi connectivity index (χ0) is 16.2. The molecule has 0 spiro atoms. The van der Waals surface area contributed by atoms with E-state index in [1.165, 1.54) is 14.2 Å². The Kier molecular flexibility index (Phi) is 6.03. The molecule has 118 valence electrons. The van der Waals surface area contributed by atoms with Crippen molar-refractivity contribution in [2.24, 2.45) is 0 Å². The highest BCUT2D eigenvalue weighted by molar-refractivity contribution is 6.32. The van der Waals surface area contributed by atoms with Crippen molar-refractivity contribution in [2.45, 2.75) is 13.2 Å². The third-order valence-electron chi connectivity index (χ3n) is 2.26. The molecule has 1 rings (SSSR count). The first-order chi connectivity index (χ1) is 9.76. The average Bonchev–Trinajstić information content (AvgIpc) is 2.39. The van der Waals surface area contributed by atoms with Gasteiger partial charge in [0.15, 0.2) is 0 Å². The molecule has 0 bridgehead atoms. The summed E-state index contributed by atoms with van der Waals surface area (Å²) in [7, 11) is 2.38. The fraction of sp³-hybridized carbons (Fsp3) is 0.364. The van der Waals surface area contributed by atoms with Gasteiger partial charge >= 0.3 is 13.2 Å². The van der Waals surface area contributed by atoms with Crippen molar-refractivity contribution in [1.82, 2.24) is 5.06 Å². The van der Waals surface area contributed by atoms with Crippen molar-refractivity contribution < 1.29 is 36.7 Å². The quantitative estimate of drug-likeness (QED) is 0.593. The molecular formula is C11H10ClF4NO4. The Morgan fingerprint density at radius 2 is 1.67 bits per heavy atom. The number of alkyl halides is 4. The fourth-order valence-corrected chi connectivity index (χ4v) is 1.54. The minimum absolute atomic E-state index is 0.371. The number of hydrogen-bond donors (Lipinski definition) is 0. The van der Waals surface area contributed by atoms with Gasteiger partial charge in [-0.25, -0.2) is 5.06 Å². The Labute approximate surface area is 121 Å². The Balaban J connectivity index is 3.28. The van der Waals surface area contributed by atoms with Crippen LogP contribution in [0, 0.1) is 0 Å². The van der Waals surface area contributed by atoms with Crippen molar-refractivity contribution in [3.8, 4) is 11.5 Å². The van der Waals surface area contributed by atoms with Gasteiger partial charge in [-0.1, -0.05) is 11.6 Å². The number of halogens is 5. The molecule has 0 aliphatic heterocycles. The molecule has 0 aromatic heterocycles. The molecule has 0 fully saturated rings. The van der Waals surface area contributed by atoms with Crippen LogP contribution in [0.5, 0.6) is 11.5 Å². The number of nitrogens with zero attached hydrogens (tertiary/aromatic N) is 1. The Morgan fingerprint density at radius 1 is 1.14 bits per heavy atom. The van der Waals surface area contributed by atoms with E-state index >= 15 is 0 Å². The van der Waals surface area contributed by atoms with Crippen molar-refractivity contribution in [3.63, 3.8) is 0 Å². The van der Waals surface area contributed by atoms with Crippen LogP contribution in [0.25, 0.3) is 0 Å². The van der Waals surface area contributed by atoms with Crippen LogP contribution in [0.3, 0.4) is 0 Å². The van der Waals surface area contributed by atoms with Crippen molar-refractivity contribution in [2.75, 3.05) is 14.2 Å². The number of carbonyl (C=O) groups excluding carboxylic acids is 1. The molecule has 10 heteroatoms. The molecule has 1 aromatic rings. The van der Waals surface area contributed by atoms with Crippen LogP contribution in [-0.4, -0.2) is 38.4 Å². The number of amides is 1. The van der Waals surface area contributed by atoms with E-state index in [4.69, 9.17) is 11.6 Å². The van der Waals surface area contributed by atoms with Crippen molar-refractivity contribution in [1.29, 1.82) is 0 Å². The zero-order valence-electron chi connectivity index (χ0n) is 10.8. The molecule has 1 amide bonds. The average molecular weight is 332 g/mol. The SMILES string of the molecule is CON(C)C(=O)c1cc(Cl)c(OC(F)F)cc1OC(F)F. The maximum absolute atomic E-state index is 12.3. The summed E-state index contributed by atoms with van der Waals surface area (Å²) in [6, 6.07) is 1.55. The molecule has 0 radical (unpaired) electrons. The Bertz CT molecular complexity index is 515. The molecule has 0 heterocycles. The summed E-state index contributed by atoms with van der Waals surface area (Å²) in [6.07, 6.45) is 0. The van der Waals surface area contributed by atoms with Gasteiger partial charge in [0.25, 0.3) is 5.91 Å². The minimum Gasteiger partial charge on any atom is -0.434 e. The van der Waals surface area contributed by atoms with Crippen LogP contribution < -0.4 is 9.47 Å². The predicted molar refractivity (Wildman–Crippen MR) is 63.8 cm³/mol. The fourth-order valence-electron chi connectivity index (χ4n) is 1.33. The lowest BCUT2D eigenvalue weighted by atomic mass is 10.1. The first-order valence-electron chi connectivity index (χ1n) is 5.31. The topological polar surface area (TPSA) is 48.0 Å². The maximum Gasteiger partial charge on any atom is 0.387 e. The smallest absolute Gasteiger partial charge is 0.387 e. The number of hydroxylamine groups is 2. The summed E-state index contributed by atoms with van der Waals surface area (Å²) in [6.45, 7) is -6.49. The normalized spacial score (nSPS) is 10.9. The van der Waals surface area contributed by atoms with Gasteiger partial charge in [-0.2, -0.15) is 17.6 Å². The van der Waals surface area contributed by atoms with E-state index in [2.05, 4.69) is 14.3 Å². The van der Waals surface area contributed by atoms with E-state index in [0.29, 0.717) is 6.07 Å². The van der Waals surface area contributed by atoms with Crippen LogP contribution in [0.1, 0.15) is 10.4 Å². The van der Waals surface area contributed by atoms with Crippen molar-refractivity contribution >= 4 is 17.5 Å². The van der Waals surface area contributed by atoms with Crippen LogP contribution in [-0.2, 0) is 4.84 Å². The summed E-state index contributed by atoms with van der Waals surface area (Å²) >= 11 is 5.66. The highest BCUT2D eigenvalue weighted by Gasteiger charge is 2.23. The van der Waals surface area contributed by atoms with Crippen molar-refractivity contribution in [3.05, 3.63) is 22.7 Å². The van der Waals surface area contributed by atoms with E-state index in [0.717, 1.165) is 11.1 Å².